The van der Waals surface area contributed by atoms with Gasteiger partial charge in [-0.2, -0.15) is 0 Å². The predicted octanol–water partition coefficient (Wildman–Crippen LogP) is 1.84. The molecule has 0 bridgehead atoms. The highest BCUT2D eigenvalue weighted by molar-refractivity contribution is 14.1. The normalized spacial score (nSPS) is 11.7. The van der Waals surface area contributed by atoms with Gasteiger partial charge in [0.1, 0.15) is 0 Å². The van der Waals surface area contributed by atoms with Crippen molar-refractivity contribution < 1.29 is 12.8 Å². The van der Waals surface area contributed by atoms with Crippen LogP contribution in [0.2, 0.25) is 0 Å². The first kappa shape index (κ1) is 11.3. The smallest absolute Gasteiger partial charge is 0.225 e. The molecule has 0 heterocycles. The van der Waals surface area contributed by atoms with Gasteiger partial charge in [-0.15, -0.1) is 0 Å². The van der Waals surface area contributed by atoms with Crippen molar-refractivity contribution >= 4 is 48.5 Å². The number of primary sulfonamides is 1. The molecule has 1 aromatic rings. The summed E-state index contributed by atoms with van der Waals surface area (Å²) in [4.78, 5) is -0.200. The molecule has 0 aliphatic heterocycles. The molecule has 0 fully saturated rings. The second kappa shape index (κ2) is 3.79. The van der Waals surface area contributed by atoms with E-state index in [4.69, 9.17) is 5.14 Å². The van der Waals surface area contributed by atoms with Crippen LogP contribution in [0.4, 0.5) is 4.39 Å². The molecule has 72 valence electrons. The van der Waals surface area contributed by atoms with Gasteiger partial charge in [0.2, 0.25) is 10.0 Å². The third-order valence-corrected chi connectivity index (χ3v) is 4.29. The molecule has 3 nitrogen and oxygen atoms in total. The topological polar surface area (TPSA) is 60.2 Å². The molecule has 1 aromatic carbocycles. The lowest BCUT2D eigenvalue weighted by Gasteiger charge is -2.03. The Kier molecular flexibility index (Phi) is 3.31. The van der Waals surface area contributed by atoms with Crippen molar-refractivity contribution in [3.05, 3.63) is 26.0 Å². The summed E-state index contributed by atoms with van der Waals surface area (Å²) in [6.07, 6.45) is 0. The van der Waals surface area contributed by atoms with Gasteiger partial charge in [0.05, 0.1) is 12.9 Å². The fourth-order valence-corrected chi connectivity index (χ4v) is 3.42. The average molecular weight is 380 g/mol. The standard InChI is InChI=1S/C6H4BrFINO2S/c7-3-1-2-4(13(10,11)12)6(9)5(3)8/h1-2H,(H2,10,11,12). The molecule has 2 N–H and O–H groups in total. The molecule has 0 saturated heterocycles. The van der Waals surface area contributed by atoms with Gasteiger partial charge in [0.25, 0.3) is 0 Å². The molecular formula is C6H4BrFINO2S. The summed E-state index contributed by atoms with van der Waals surface area (Å²) >= 11 is 4.52. The molecule has 0 aromatic heterocycles. The Hall–Kier alpha value is 0.270. The third-order valence-electron chi connectivity index (χ3n) is 1.31. The highest BCUT2D eigenvalue weighted by Crippen LogP contribution is 2.25. The van der Waals surface area contributed by atoms with Gasteiger partial charge in [-0.3, -0.25) is 0 Å². The monoisotopic (exact) mass is 379 g/mol. The highest BCUT2D eigenvalue weighted by atomic mass is 127. The maximum atomic E-state index is 13.1. The number of benzene rings is 1. The van der Waals surface area contributed by atoms with E-state index in [0.717, 1.165) is 0 Å². The highest BCUT2D eigenvalue weighted by Gasteiger charge is 2.17. The van der Waals surface area contributed by atoms with Gasteiger partial charge >= 0.3 is 0 Å². The fourth-order valence-electron chi connectivity index (χ4n) is 0.728. The Bertz CT molecular complexity index is 448. The lowest BCUT2D eigenvalue weighted by atomic mass is 10.3. The summed E-state index contributed by atoms with van der Waals surface area (Å²) in [5, 5.41) is 4.86. The number of sulfonamides is 1. The van der Waals surface area contributed by atoms with Gasteiger partial charge < -0.3 is 0 Å². The molecule has 13 heavy (non-hydrogen) atoms. The quantitative estimate of drug-likeness (QED) is 0.597. The van der Waals surface area contributed by atoms with Gasteiger partial charge in [-0.05, 0) is 50.7 Å². The number of nitrogens with two attached hydrogens (primary N) is 1. The van der Waals surface area contributed by atoms with E-state index in [-0.39, 0.29) is 12.9 Å². The van der Waals surface area contributed by atoms with Crippen molar-refractivity contribution in [3.63, 3.8) is 0 Å². The Morgan fingerprint density at radius 1 is 1.46 bits per heavy atom. The Labute approximate surface area is 96.8 Å². The average Bonchev–Trinajstić information content (AvgIpc) is 1.98. The summed E-state index contributed by atoms with van der Waals surface area (Å²) in [7, 11) is -3.84. The maximum absolute atomic E-state index is 13.1. The van der Waals surface area contributed by atoms with Crippen LogP contribution in [0.15, 0.2) is 21.5 Å². The minimum absolute atomic E-state index is 0.00512. The van der Waals surface area contributed by atoms with E-state index in [0.29, 0.717) is 0 Å². The summed E-state index contributed by atoms with van der Waals surface area (Å²) in [5.74, 6) is -0.618. The molecule has 0 unspecified atom stereocenters. The van der Waals surface area contributed by atoms with Crippen molar-refractivity contribution in [1.82, 2.24) is 0 Å². The summed E-state index contributed by atoms with van der Waals surface area (Å²) in [5.41, 5.74) is 0. The van der Waals surface area contributed by atoms with E-state index >= 15 is 0 Å². The van der Waals surface area contributed by atoms with Crippen LogP contribution in [0.5, 0.6) is 0 Å². The van der Waals surface area contributed by atoms with Crippen LogP contribution in [0, 0.1) is 9.39 Å². The number of rotatable bonds is 1. The Morgan fingerprint density at radius 3 is 2.46 bits per heavy atom. The predicted molar refractivity (Wildman–Crippen MR) is 58.2 cm³/mol. The first-order chi connectivity index (χ1) is 5.84. The molecule has 0 saturated carbocycles. The van der Waals surface area contributed by atoms with Crippen molar-refractivity contribution in [2.75, 3.05) is 0 Å². The molecule has 0 amide bonds. The first-order valence-corrected chi connectivity index (χ1v) is 6.42. The van der Waals surface area contributed by atoms with Crippen molar-refractivity contribution in [3.8, 4) is 0 Å². The summed E-state index contributed by atoms with van der Waals surface area (Å²) < 4.78 is 35.2. The number of hydrogen-bond donors (Lipinski definition) is 1. The van der Waals surface area contributed by atoms with Crippen LogP contribution >= 0.6 is 38.5 Å². The second-order valence-corrected chi connectivity index (χ2v) is 5.68. The lowest BCUT2D eigenvalue weighted by Crippen LogP contribution is -2.14. The van der Waals surface area contributed by atoms with Crippen molar-refractivity contribution in [2.45, 2.75) is 4.90 Å². The van der Waals surface area contributed by atoms with Crippen LogP contribution < -0.4 is 5.14 Å². The third kappa shape index (κ3) is 2.39. The maximum Gasteiger partial charge on any atom is 0.239 e. The Balaban J connectivity index is 3.53. The van der Waals surface area contributed by atoms with E-state index in [2.05, 4.69) is 15.9 Å². The number of hydrogen-bond acceptors (Lipinski definition) is 2. The van der Waals surface area contributed by atoms with Gasteiger partial charge in [0.15, 0.2) is 5.82 Å². The molecule has 0 aliphatic carbocycles. The molecular weight excluding hydrogens is 376 g/mol. The zero-order chi connectivity index (χ0) is 10.2. The van der Waals surface area contributed by atoms with Crippen LogP contribution in [0.3, 0.4) is 0 Å². The Morgan fingerprint density at radius 2 is 2.00 bits per heavy atom. The molecule has 0 atom stereocenters. The fraction of sp³-hybridized carbons (Fsp3) is 0. The van der Waals surface area contributed by atoms with E-state index < -0.39 is 15.8 Å². The van der Waals surface area contributed by atoms with E-state index in [1.165, 1.54) is 12.1 Å². The largest absolute Gasteiger partial charge is 0.239 e. The van der Waals surface area contributed by atoms with Crippen LogP contribution in [0.1, 0.15) is 0 Å². The van der Waals surface area contributed by atoms with Crippen molar-refractivity contribution in [2.24, 2.45) is 5.14 Å². The zero-order valence-corrected chi connectivity index (χ0v) is 10.7. The van der Waals surface area contributed by atoms with Crippen LogP contribution in [-0.4, -0.2) is 8.42 Å². The lowest BCUT2D eigenvalue weighted by molar-refractivity contribution is 0.586. The molecule has 0 spiro atoms. The zero-order valence-electron chi connectivity index (χ0n) is 6.09. The summed E-state index contributed by atoms with van der Waals surface area (Å²) in [6.45, 7) is 0. The minimum Gasteiger partial charge on any atom is -0.225 e. The number of halogens is 3. The summed E-state index contributed by atoms with van der Waals surface area (Å²) in [6, 6.07) is 2.56. The van der Waals surface area contributed by atoms with Gasteiger partial charge in [-0.25, -0.2) is 17.9 Å². The minimum atomic E-state index is -3.84. The second-order valence-electron chi connectivity index (χ2n) is 2.22. The SMILES string of the molecule is NS(=O)(=O)c1ccc(Br)c(F)c1I. The van der Waals surface area contributed by atoms with Crippen LogP contribution in [0.25, 0.3) is 0 Å². The molecule has 0 radical (unpaired) electrons. The molecule has 1 rings (SSSR count). The first-order valence-electron chi connectivity index (χ1n) is 3.00. The van der Waals surface area contributed by atoms with Gasteiger partial charge in [-0.1, -0.05) is 0 Å². The van der Waals surface area contributed by atoms with E-state index in [9.17, 15) is 12.8 Å². The molecule has 0 aliphatic rings. The van der Waals surface area contributed by atoms with E-state index in [1.54, 1.807) is 22.6 Å². The van der Waals surface area contributed by atoms with E-state index in [1.807, 2.05) is 0 Å². The van der Waals surface area contributed by atoms with Crippen LogP contribution in [-0.2, 0) is 10.0 Å². The van der Waals surface area contributed by atoms with Gasteiger partial charge in [0, 0.05) is 0 Å². The molecule has 7 heteroatoms. The van der Waals surface area contributed by atoms with Crippen molar-refractivity contribution in [1.29, 1.82) is 0 Å².